The quantitative estimate of drug-likeness (QED) is 0.405. The Kier molecular flexibility index (Phi) is 7.48. The highest BCUT2D eigenvalue weighted by Crippen LogP contribution is 2.38. The predicted molar refractivity (Wildman–Crippen MR) is 125 cm³/mol. The van der Waals surface area contributed by atoms with E-state index in [1.807, 2.05) is 0 Å². The molecule has 2 heterocycles. The largest absolute Gasteiger partial charge is 0.454 e. The van der Waals surface area contributed by atoms with Crippen LogP contribution in [0, 0.1) is 11.8 Å². The zero-order chi connectivity index (χ0) is 25.3. The first-order chi connectivity index (χ1) is 16.6. The number of sulfonamides is 1. The minimum Gasteiger partial charge on any atom is -0.454 e. The topological polar surface area (TPSA) is 121 Å². The van der Waals surface area contributed by atoms with Crippen LogP contribution < -0.4 is 0 Å². The Labute approximate surface area is 209 Å². The van der Waals surface area contributed by atoms with Crippen molar-refractivity contribution in [2.75, 3.05) is 32.8 Å². The molecule has 0 bridgehead atoms. The molecule has 0 spiro atoms. The van der Waals surface area contributed by atoms with Crippen LogP contribution in [-0.2, 0) is 33.9 Å². The molecule has 3 aliphatic rings. The second kappa shape index (κ2) is 10.2. The molecule has 0 radical (unpaired) electrons. The van der Waals surface area contributed by atoms with Gasteiger partial charge in [-0.05, 0) is 44.0 Å². The summed E-state index contributed by atoms with van der Waals surface area (Å²) in [4.78, 5) is 53.0. The number of hydrogen-bond donors (Lipinski definition) is 0. The number of hydrogen-bond acceptors (Lipinski definition) is 7. The zero-order valence-corrected chi connectivity index (χ0v) is 21.0. The lowest BCUT2D eigenvalue weighted by Crippen LogP contribution is -2.51. The molecule has 2 aliphatic heterocycles. The van der Waals surface area contributed by atoms with Gasteiger partial charge in [0.2, 0.25) is 21.8 Å². The molecule has 1 aromatic rings. The van der Waals surface area contributed by atoms with Crippen LogP contribution in [0.15, 0.2) is 29.2 Å². The van der Waals surface area contributed by atoms with Gasteiger partial charge in [0.05, 0.1) is 16.7 Å². The van der Waals surface area contributed by atoms with E-state index < -0.39 is 34.5 Å². The molecular weight excluding hydrogens is 498 g/mol. The van der Waals surface area contributed by atoms with Gasteiger partial charge in [0.15, 0.2) is 6.61 Å². The molecule has 3 atom stereocenters. The lowest BCUT2D eigenvalue weighted by molar-refractivity contribution is -0.161. The summed E-state index contributed by atoms with van der Waals surface area (Å²) >= 11 is 5.83. The SMILES string of the molecule is C[C@H](C(=O)OCC(=O)N1CCN(S(=O)(=O)c2ccc(Cl)cc2)CC1)N1C(=O)[C@H]2CCCC[C@H]2C1=O. The van der Waals surface area contributed by atoms with E-state index in [-0.39, 0.29) is 54.7 Å². The number of benzene rings is 1. The van der Waals surface area contributed by atoms with Crippen LogP contribution >= 0.6 is 11.6 Å². The van der Waals surface area contributed by atoms with Crippen molar-refractivity contribution in [3.63, 3.8) is 0 Å². The molecule has 1 saturated carbocycles. The number of imide groups is 1. The Morgan fingerprint density at radius 3 is 2.09 bits per heavy atom. The highest BCUT2D eigenvalue weighted by atomic mass is 35.5. The Hall–Kier alpha value is -2.50. The number of rotatable bonds is 6. The maximum absolute atomic E-state index is 12.8. The van der Waals surface area contributed by atoms with Gasteiger partial charge in [-0.3, -0.25) is 19.3 Å². The van der Waals surface area contributed by atoms with Crippen LogP contribution in [0.3, 0.4) is 0 Å². The number of fused-ring (bicyclic) bond motifs is 1. The number of carbonyl (C=O) groups is 4. The summed E-state index contributed by atoms with van der Waals surface area (Å²) in [6.45, 7) is 1.37. The number of halogens is 1. The number of amides is 3. The van der Waals surface area contributed by atoms with E-state index in [0.717, 1.165) is 17.7 Å². The molecule has 35 heavy (non-hydrogen) atoms. The van der Waals surface area contributed by atoms with Crippen LogP contribution in [-0.4, -0.2) is 85.0 Å². The van der Waals surface area contributed by atoms with Crippen LogP contribution in [0.5, 0.6) is 0 Å². The van der Waals surface area contributed by atoms with Crippen molar-refractivity contribution in [2.45, 2.75) is 43.5 Å². The summed E-state index contributed by atoms with van der Waals surface area (Å²) in [5.74, 6) is -2.70. The Balaban J connectivity index is 1.28. The first-order valence-electron chi connectivity index (χ1n) is 11.7. The molecule has 1 aliphatic carbocycles. The van der Waals surface area contributed by atoms with Crippen LogP contribution in [0.25, 0.3) is 0 Å². The third kappa shape index (κ3) is 5.07. The number of piperazine rings is 1. The highest BCUT2D eigenvalue weighted by Gasteiger charge is 2.51. The molecule has 0 N–H and O–H groups in total. The molecule has 3 amide bonds. The molecule has 3 fully saturated rings. The lowest BCUT2D eigenvalue weighted by atomic mass is 9.81. The first-order valence-corrected chi connectivity index (χ1v) is 13.5. The smallest absolute Gasteiger partial charge is 0.329 e. The summed E-state index contributed by atoms with van der Waals surface area (Å²) < 4.78 is 32.0. The van der Waals surface area contributed by atoms with Crippen molar-refractivity contribution in [1.29, 1.82) is 0 Å². The van der Waals surface area contributed by atoms with Gasteiger partial charge in [0.25, 0.3) is 5.91 Å². The van der Waals surface area contributed by atoms with Crippen molar-refractivity contribution >= 4 is 45.3 Å². The van der Waals surface area contributed by atoms with Gasteiger partial charge in [0.1, 0.15) is 6.04 Å². The summed E-state index contributed by atoms with van der Waals surface area (Å²) in [6, 6.07) is 4.76. The molecule has 2 saturated heterocycles. The number of nitrogens with zero attached hydrogens (tertiary/aromatic N) is 3. The van der Waals surface area contributed by atoms with Gasteiger partial charge in [-0.2, -0.15) is 4.31 Å². The minimum absolute atomic E-state index is 0.0978. The fraction of sp³-hybridized carbons (Fsp3) is 0.565. The molecule has 10 nitrogen and oxygen atoms in total. The van der Waals surface area contributed by atoms with E-state index in [1.54, 1.807) is 0 Å². The monoisotopic (exact) mass is 525 g/mol. The minimum atomic E-state index is -3.71. The molecule has 1 aromatic carbocycles. The normalized spacial score (nSPS) is 24.3. The molecule has 4 rings (SSSR count). The number of ether oxygens (including phenoxy) is 1. The summed E-state index contributed by atoms with van der Waals surface area (Å²) in [5.41, 5.74) is 0. The van der Waals surface area contributed by atoms with E-state index in [9.17, 15) is 27.6 Å². The van der Waals surface area contributed by atoms with E-state index in [0.29, 0.717) is 17.9 Å². The summed E-state index contributed by atoms with van der Waals surface area (Å²) in [5, 5.41) is 0.431. The molecule has 190 valence electrons. The van der Waals surface area contributed by atoms with Crippen molar-refractivity contribution < 1.29 is 32.3 Å². The van der Waals surface area contributed by atoms with Crippen molar-refractivity contribution in [3.05, 3.63) is 29.3 Å². The van der Waals surface area contributed by atoms with E-state index in [4.69, 9.17) is 16.3 Å². The fourth-order valence-corrected chi connectivity index (χ4v) is 6.50. The second-order valence-electron chi connectivity index (χ2n) is 9.07. The predicted octanol–water partition coefficient (Wildman–Crippen LogP) is 1.28. The van der Waals surface area contributed by atoms with Gasteiger partial charge in [0, 0.05) is 31.2 Å². The number of esters is 1. The summed E-state index contributed by atoms with van der Waals surface area (Å²) in [6.07, 6.45) is 3.06. The summed E-state index contributed by atoms with van der Waals surface area (Å²) in [7, 11) is -3.71. The van der Waals surface area contributed by atoms with E-state index in [2.05, 4.69) is 0 Å². The molecule has 0 unspecified atom stereocenters. The Morgan fingerprint density at radius 2 is 1.54 bits per heavy atom. The first kappa shape index (κ1) is 25.6. The van der Waals surface area contributed by atoms with Crippen molar-refractivity contribution in [3.8, 4) is 0 Å². The standard InChI is InChI=1S/C23H28ClN3O7S/c1-15(27-21(29)18-4-2-3-5-19(18)22(27)30)23(31)34-14-20(28)25-10-12-26(13-11-25)35(32,33)17-8-6-16(24)7-9-17/h6-9,15,18-19H,2-5,10-14H2,1H3/t15-,18-,19+/m1/s1. The third-order valence-electron chi connectivity index (χ3n) is 6.98. The van der Waals surface area contributed by atoms with Gasteiger partial charge < -0.3 is 9.64 Å². The zero-order valence-electron chi connectivity index (χ0n) is 19.4. The average molecular weight is 526 g/mol. The molecule has 0 aromatic heterocycles. The third-order valence-corrected chi connectivity index (χ3v) is 9.15. The van der Waals surface area contributed by atoms with E-state index in [1.165, 1.54) is 40.4 Å². The number of carbonyl (C=O) groups excluding carboxylic acids is 4. The average Bonchev–Trinajstić information content (AvgIpc) is 3.12. The Bertz CT molecular complexity index is 1090. The molecular formula is C23H28ClN3O7S. The van der Waals surface area contributed by atoms with Crippen LogP contribution in [0.2, 0.25) is 5.02 Å². The number of likely N-dealkylation sites (tertiary alicyclic amines) is 1. The van der Waals surface area contributed by atoms with Crippen molar-refractivity contribution in [1.82, 2.24) is 14.1 Å². The van der Waals surface area contributed by atoms with Gasteiger partial charge in [-0.25, -0.2) is 13.2 Å². The van der Waals surface area contributed by atoms with E-state index >= 15 is 0 Å². The molecule has 12 heteroatoms. The fourth-order valence-electron chi connectivity index (χ4n) is 4.95. The Morgan fingerprint density at radius 1 is 1.00 bits per heavy atom. The van der Waals surface area contributed by atoms with Crippen LogP contribution in [0.1, 0.15) is 32.6 Å². The maximum Gasteiger partial charge on any atom is 0.329 e. The van der Waals surface area contributed by atoms with Crippen molar-refractivity contribution in [2.24, 2.45) is 11.8 Å². The van der Waals surface area contributed by atoms with Gasteiger partial charge in [-0.15, -0.1) is 0 Å². The highest BCUT2D eigenvalue weighted by molar-refractivity contribution is 7.89. The maximum atomic E-state index is 12.8. The van der Waals surface area contributed by atoms with Crippen LogP contribution in [0.4, 0.5) is 0 Å². The van der Waals surface area contributed by atoms with Gasteiger partial charge >= 0.3 is 5.97 Å². The second-order valence-corrected chi connectivity index (χ2v) is 11.4. The van der Waals surface area contributed by atoms with Gasteiger partial charge in [-0.1, -0.05) is 24.4 Å². The lowest BCUT2D eigenvalue weighted by Gasteiger charge is -2.34.